The van der Waals surface area contributed by atoms with Crippen molar-refractivity contribution in [1.82, 2.24) is 5.32 Å². The van der Waals surface area contributed by atoms with Gasteiger partial charge in [0.2, 0.25) is 11.8 Å². The first kappa shape index (κ1) is 15.4. The number of hydrogen-bond donors (Lipinski definition) is 3. The molecule has 4 N–H and O–H groups in total. The molecule has 7 heteroatoms. The predicted octanol–water partition coefficient (Wildman–Crippen LogP) is -0.754. The Kier molecular flexibility index (Phi) is 6.88. The number of amides is 2. The molecule has 7 nitrogen and oxygen atoms in total. The molecule has 0 radical (unpaired) electrons. The minimum Gasteiger partial charge on any atom is -0.480 e. The quantitative estimate of drug-likeness (QED) is 0.520. The molecule has 0 saturated carbocycles. The monoisotopic (exact) mass is 246 g/mol. The van der Waals surface area contributed by atoms with E-state index in [1.807, 2.05) is 0 Å². The van der Waals surface area contributed by atoms with E-state index in [4.69, 9.17) is 15.6 Å². The number of rotatable bonds is 8. The van der Waals surface area contributed by atoms with Crippen LogP contribution in [0.25, 0.3) is 0 Å². The van der Waals surface area contributed by atoms with E-state index in [-0.39, 0.29) is 25.6 Å². The predicted molar refractivity (Wildman–Crippen MR) is 59.1 cm³/mol. The minimum absolute atomic E-state index is 0.0297. The van der Waals surface area contributed by atoms with Crippen molar-refractivity contribution < 1.29 is 24.2 Å². The van der Waals surface area contributed by atoms with E-state index in [0.717, 1.165) is 0 Å². The third kappa shape index (κ3) is 8.21. The molecule has 0 aliphatic heterocycles. The molecule has 0 aromatic heterocycles. The molecule has 0 aromatic rings. The topological polar surface area (TPSA) is 119 Å². The van der Waals surface area contributed by atoms with Crippen molar-refractivity contribution in [2.45, 2.75) is 38.8 Å². The molecule has 1 atom stereocenters. The van der Waals surface area contributed by atoms with Crippen molar-refractivity contribution in [3.8, 4) is 0 Å². The molecule has 1 unspecified atom stereocenters. The summed E-state index contributed by atoms with van der Waals surface area (Å²) in [5.41, 5.74) is 4.90. The summed E-state index contributed by atoms with van der Waals surface area (Å²) in [6.45, 7) is 3.31. The van der Waals surface area contributed by atoms with Gasteiger partial charge in [0, 0.05) is 6.42 Å². The molecule has 0 aliphatic carbocycles. The van der Waals surface area contributed by atoms with Gasteiger partial charge in [-0.05, 0) is 20.3 Å². The highest BCUT2D eigenvalue weighted by atomic mass is 16.5. The number of hydrogen-bond acceptors (Lipinski definition) is 4. The Labute approximate surface area is 99.3 Å². The molecular formula is C10H18N2O5. The minimum atomic E-state index is -1.20. The number of ether oxygens (including phenoxy) is 1. The summed E-state index contributed by atoms with van der Waals surface area (Å²) in [5.74, 6) is -2.34. The second-order valence-electron chi connectivity index (χ2n) is 3.82. The number of aliphatic carboxylic acids is 1. The number of carbonyl (C=O) groups excluding carboxylic acids is 2. The van der Waals surface area contributed by atoms with Crippen LogP contribution in [-0.2, 0) is 19.1 Å². The normalized spacial score (nSPS) is 12.2. The molecular weight excluding hydrogens is 228 g/mol. The third-order valence-electron chi connectivity index (χ3n) is 1.86. The van der Waals surface area contributed by atoms with Crippen molar-refractivity contribution in [2.75, 3.05) is 6.61 Å². The highest BCUT2D eigenvalue weighted by Crippen LogP contribution is 1.98. The Morgan fingerprint density at radius 3 is 2.35 bits per heavy atom. The van der Waals surface area contributed by atoms with Gasteiger partial charge in [0.05, 0.1) is 6.10 Å². The zero-order chi connectivity index (χ0) is 13.4. The molecule has 17 heavy (non-hydrogen) atoms. The van der Waals surface area contributed by atoms with Gasteiger partial charge < -0.3 is 20.9 Å². The van der Waals surface area contributed by atoms with Crippen molar-refractivity contribution in [2.24, 2.45) is 5.73 Å². The number of nitrogens with two attached hydrogens (primary N) is 1. The Morgan fingerprint density at radius 2 is 1.94 bits per heavy atom. The van der Waals surface area contributed by atoms with Crippen LogP contribution in [0.5, 0.6) is 0 Å². The van der Waals surface area contributed by atoms with E-state index in [9.17, 15) is 14.4 Å². The van der Waals surface area contributed by atoms with E-state index in [2.05, 4.69) is 5.32 Å². The van der Waals surface area contributed by atoms with Gasteiger partial charge in [-0.25, -0.2) is 4.79 Å². The largest absolute Gasteiger partial charge is 0.480 e. The molecule has 0 bridgehead atoms. The van der Waals surface area contributed by atoms with E-state index in [1.54, 1.807) is 13.8 Å². The lowest BCUT2D eigenvalue weighted by Crippen LogP contribution is -2.43. The number of carbonyl (C=O) groups is 3. The van der Waals surface area contributed by atoms with Gasteiger partial charge in [0.25, 0.3) is 0 Å². The first-order valence-corrected chi connectivity index (χ1v) is 5.25. The summed E-state index contributed by atoms with van der Waals surface area (Å²) >= 11 is 0. The Balaban J connectivity index is 4.11. The van der Waals surface area contributed by atoms with Crippen LogP contribution in [0.4, 0.5) is 0 Å². The van der Waals surface area contributed by atoms with Gasteiger partial charge in [-0.3, -0.25) is 9.59 Å². The van der Waals surface area contributed by atoms with Crippen LogP contribution < -0.4 is 11.1 Å². The highest BCUT2D eigenvalue weighted by Gasteiger charge is 2.20. The first-order chi connectivity index (χ1) is 7.82. The average Bonchev–Trinajstić information content (AvgIpc) is 2.20. The fraction of sp³-hybridized carbons (Fsp3) is 0.700. The number of carboxylic acids is 1. The standard InChI is InChI=1S/C10H18N2O5/c1-6(2)17-5-9(14)12-7(10(15)16)3-4-8(11)13/h6-7H,3-5H2,1-2H3,(H2,11,13)(H,12,14)(H,15,16). The molecule has 0 spiro atoms. The van der Waals surface area contributed by atoms with Crippen LogP contribution in [0.2, 0.25) is 0 Å². The second kappa shape index (κ2) is 7.61. The second-order valence-corrected chi connectivity index (χ2v) is 3.82. The maximum atomic E-state index is 11.3. The van der Waals surface area contributed by atoms with Crippen LogP contribution in [-0.4, -0.2) is 41.6 Å². The molecule has 2 amide bonds. The van der Waals surface area contributed by atoms with E-state index >= 15 is 0 Å². The van der Waals surface area contributed by atoms with Gasteiger partial charge in [0.1, 0.15) is 12.6 Å². The van der Waals surface area contributed by atoms with Gasteiger partial charge in [-0.1, -0.05) is 0 Å². The summed E-state index contributed by atoms with van der Waals surface area (Å²) in [6, 6.07) is -1.12. The zero-order valence-corrected chi connectivity index (χ0v) is 9.93. The molecule has 0 saturated heterocycles. The van der Waals surface area contributed by atoms with Crippen LogP contribution >= 0.6 is 0 Å². The van der Waals surface area contributed by atoms with Crippen molar-refractivity contribution in [1.29, 1.82) is 0 Å². The molecule has 0 rings (SSSR count). The van der Waals surface area contributed by atoms with Gasteiger partial charge in [0.15, 0.2) is 0 Å². The van der Waals surface area contributed by atoms with E-state index < -0.39 is 23.8 Å². The smallest absolute Gasteiger partial charge is 0.326 e. The average molecular weight is 246 g/mol. The fourth-order valence-corrected chi connectivity index (χ4v) is 1.02. The Bertz CT molecular complexity index is 290. The van der Waals surface area contributed by atoms with Crippen molar-refractivity contribution >= 4 is 17.8 Å². The van der Waals surface area contributed by atoms with E-state index in [0.29, 0.717) is 0 Å². The number of primary amides is 1. The maximum Gasteiger partial charge on any atom is 0.326 e. The lowest BCUT2D eigenvalue weighted by molar-refractivity contribution is -0.143. The lowest BCUT2D eigenvalue weighted by Gasteiger charge is -2.14. The summed E-state index contributed by atoms with van der Waals surface area (Å²) in [7, 11) is 0. The van der Waals surface area contributed by atoms with Crippen molar-refractivity contribution in [3.63, 3.8) is 0 Å². The molecule has 0 fully saturated rings. The highest BCUT2D eigenvalue weighted by molar-refractivity contribution is 5.84. The summed E-state index contributed by atoms with van der Waals surface area (Å²) in [4.78, 5) is 32.6. The van der Waals surface area contributed by atoms with Crippen LogP contribution in [0.3, 0.4) is 0 Å². The summed E-state index contributed by atoms with van der Waals surface area (Å²) in [6.07, 6.45) is -0.241. The Morgan fingerprint density at radius 1 is 1.35 bits per heavy atom. The van der Waals surface area contributed by atoms with Crippen LogP contribution in [0.15, 0.2) is 0 Å². The van der Waals surface area contributed by atoms with Crippen LogP contribution in [0.1, 0.15) is 26.7 Å². The lowest BCUT2D eigenvalue weighted by atomic mass is 10.1. The third-order valence-corrected chi connectivity index (χ3v) is 1.86. The summed E-state index contributed by atoms with van der Waals surface area (Å²) in [5, 5.41) is 11.1. The van der Waals surface area contributed by atoms with E-state index in [1.165, 1.54) is 0 Å². The van der Waals surface area contributed by atoms with Gasteiger partial charge >= 0.3 is 5.97 Å². The van der Waals surface area contributed by atoms with Gasteiger partial charge in [-0.2, -0.15) is 0 Å². The Hall–Kier alpha value is -1.63. The van der Waals surface area contributed by atoms with Crippen LogP contribution in [0, 0.1) is 0 Å². The van der Waals surface area contributed by atoms with Gasteiger partial charge in [-0.15, -0.1) is 0 Å². The van der Waals surface area contributed by atoms with Crippen molar-refractivity contribution in [3.05, 3.63) is 0 Å². The molecule has 0 heterocycles. The molecule has 0 aromatic carbocycles. The number of nitrogens with one attached hydrogen (secondary N) is 1. The number of carboxylic acid groups (broad SMARTS) is 1. The fourth-order valence-electron chi connectivity index (χ4n) is 1.02. The molecule has 98 valence electrons. The summed E-state index contributed by atoms with van der Waals surface area (Å²) < 4.78 is 5.01. The molecule has 0 aliphatic rings. The maximum absolute atomic E-state index is 11.3. The SMILES string of the molecule is CC(C)OCC(=O)NC(CCC(N)=O)C(=O)O. The zero-order valence-electron chi connectivity index (χ0n) is 9.93. The first-order valence-electron chi connectivity index (χ1n) is 5.25.